The van der Waals surface area contributed by atoms with Crippen molar-refractivity contribution >= 4 is 49.6 Å². The highest BCUT2D eigenvalue weighted by Gasteiger charge is 2.45. The zero-order valence-corrected chi connectivity index (χ0v) is 48.8. The average molecular weight is 1240 g/mol. The number of amides is 6. The molecule has 0 bridgehead atoms. The molecule has 0 radical (unpaired) electrons. The lowest BCUT2D eigenvalue weighted by molar-refractivity contribution is -0.301. The van der Waals surface area contributed by atoms with Crippen LogP contribution in [-0.2, 0) is 80.3 Å². The van der Waals surface area contributed by atoms with Gasteiger partial charge in [-0.05, 0) is 44.9 Å². The van der Waals surface area contributed by atoms with Crippen LogP contribution in [0.3, 0.4) is 0 Å². The third-order valence-electron chi connectivity index (χ3n) is 12.9. The summed E-state index contributed by atoms with van der Waals surface area (Å²) >= 11 is 0. The number of ether oxygens (including phenoxy) is 7. The van der Waals surface area contributed by atoms with Crippen LogP contribution in [-0.4, -0.2) is 267 Å². The summed E-state index contributed by atoms with van der Waals surface area (Å²) in [5.74, 6) is -2.14. The fourth-order valence-electron chi connectivity index (χ4n) is 8.11. The Kier molecular flexibility index (Phi) is 40.3. The average Bonchev–Trinajstić information content (AvgIpc) is 3.52. The maximum atomic E-state index is 13.5. The van der Waals surface area contributed by atoms with Crippen LogP contribution in [0.1, 0.15) is 103 Å². The van der Waals surface area contributed by atoms with Crippen molar-refractivity contribution in [3.05, 3.63) is 0 Å². The van der Waals surface area contributed by atoms with Crippen LogP contribution in [0.4, 0.5) is 0 Å². The Morgan fingerprint density at radius 1 is 0.476 bits per heavy atom. The lowest BCUT2D eigenvalue weighted by atomic mass is 9.99. The molecule has 2 rings (SSSR count). The highest BCUT2D eigenvalue weighted by molar-refractivity contribution is 7.47. The molecule has 2 saturated heterocycles. The molecule has 6 amide bonds. The van der Waals surface area contributed by atoms with Crippen molar-refractivity contribution in [3.63, 3.8) is 0 Å². The number of nitrogens with one attached hydrogen (secondary N) is 6. The molecule has 2 aliphatic rings. The number of aliphatic hydroxyl groups is 8. The zero-order chi connectivity index (χ0) is 62.2. The Balaban J connectivity index is 1.84. The first-order valence-corrected chi connectivity index (χ1v) is 29.9. The zero-order valence-electron chi connectivity index (χ0n) is 47.9. The second-order valence-electron chi connectivity index (χ2n) is 20.0. The molecule has 15 N–H and O–H groups in total. The third kappa shape index (κ3) is 32.7. The van der Waals surface area contributed by atoms with E-state index in [0.29, 0.717) is 44.9 Å². The van der Waals surface area contributed by atoms with Gasteiger partial charge in [0, 0.05) is 84.8 Å². The molecule has 5 unspecified atom stereocenters. The molecule has 0 spiro atoms. The Morgan fingerprint density at radius 3 is 1.30 bits per heavy atom. The molecule has 0 aromatic carbocycles. The molecule has 488 valence electrons. The predicted octanol–water partition coefficient (Wildman–Crippen LogP) is -4.69. The van der Waals surface area contributed by atoms with Crippen molar-refractivity contribution in [2.45, 2.75) is 170 Å². The minimum atomic E-state index is -4.03. The van der Waals surface area contributed by atoms with Gasteiger partial charge in [0.15, 0.2) is 12.6 Å². The van der Waals surface area contributed by atoms with Gasteiger partial charge in [-0.15, -0.1) is 0 Å². The SMILES string of the molecule is COP(=O)(O)OCCCCCCNC(=O)CCCC(=O)NC(COCCC=O)(COCCC(=O)NCCCNC(=O)CCCO[C@@H]1OC(CO)[C@@H](O)[C@H](O)C1O)COCCC(=O)NCCCNC(=O)CCCO[C@@H]1OC(CO)[C@@H](O)[C@H](O)C1O. The minimum Gasteiger partial charge on any atom is -0.394 e. The maximum Gasteiger partial charge on any atom is 0.471 e. The second kappa shape index (κ2) is 44.4. The van der Waals surface area contributed by atoms with Crippen molar-refractivity contribution in [2.75, 3.05) is 113 Å². The number of aldehydes is 1. The van der Waals surface area contributed by atoms with E-state index in [9.17, 15) is 83.9 Å². The highest BCUT2D eigenvalue weighted by Crippen LogP contribution is 2.42. The summed E-state index contributed by atoms with van der Waals surface area (Å²) in [6, 6.07) is 0. The van der Waals surface area contributed by atoms with Crippen LogP contribution >= 0.6 is 7.82 Å². The summed E-state index contributed by atoms with van der Waals surface area (Å²) in [4.78, 5) is 96.6. The van der Waals surface area contributed by atoms with Crippen LogP contribution < -0.4 is 31.9 Å². The first kappa shape index (κ1) is 76.1. The number of hydrogen-bond acceptors (Lipinski definition) is 25. The molecular formula is C51H93N6O26P. The number of aliphatic hydroxyl groups excluding tert-OH is 8. The third-order valence-corrected chi connectivity index (χ3v) is 13.9. The van der Waals surface area contributed by atoms with E-state index in [1.54, 1.807) is 0 Å². The maximum absolute atomic E-state index is 13.5. The van der Waals surface area contributed by atoms with E-state index in [1.165, 1.54) is 0 Å². The van der Waals surface area contributed by atoms with E-state index < -0.39 is 93.9 Å². The molecule has 32 nitrogen and oxygen atoms in total. The molecule has 0 saturated carbocycles. The Hall–Kier alpha value is -4.00. The number of phosphoric ester groups is 1. The first-order valence-electron chi connectivity index (χ1n) is 28.4. The number of carbonyl (C=O) groups excluding carboxylic acids is 7. The van der Waals surface area contributed by atoms with Gasteiger partial charge in [0.25, 0.3) is 0 Å². The van der Waals surface area contributed by atoms with E-state index >= 15 is 0 Å². The number of phosphoric acid groups is 1. The Bertz CT molecular complexity index is 1850. The first-order chi connectivity index (χ1) is 40.2. The summed E-state index contributed by atoms with van der Waals surface area (Å²) in [6.07, 6.45) is -9.72. The van der Waals surface area contributed by atoms with Crippen molar-refractivity contribution in [3.8, 4) is 0 Å². The fraction of sp³-hybridized carbons (Fsp3) is 0.863. The molecule has 2 heterocycles. The monoisotopic (exact) mass is 1240 g/mol. The second-order valence-corrected chi connectivity index (χ2v) is 21.6. The van der Waals surface area contributed by atoms with E-state index in [4.69, 9.17) is 37.7 Å². The summed E-state index contributed by atoms with van der Waals surface area (Å²) in [6.45, 7) is -0.902. The number of unbranched alkanes of at least 4 members (excludes halogenated alkanes) is 3. The molecule has 0 aromatic heterocycles. The quantitative estimate of drug-likeness (QED) is 0.0155. The van der Waals surface area contributed by atoms with Gasteiger partial charge in [-0.2, -0.15) is 0 Å². The molecule has 84 heavy (non-hydrogen) atoms. The molecular weight excluding hydrogens is 1140 g/mol. The Labute approximate surface area is 488 Å². The molecule has 2 fully saturated rings. The molecule has 33 heteroatoms. The van der Waals surface area contributed by atoms with Gasteiger partial charge in [0.1, 0.15) is 60.7 Å². The van der Waals surface area contributed by atoms with Crippen LogP contribution in [0.5, 0.6) is 0 Å². The largest absolute Gasteiger partial charge is 0.471 e. The van der Waals surface area contributed by atoms with Crippen LogP contribution in [0.15, 0.2) is 0 Å². The number of rotatable bonds is 49. The van der Waals surface area contributed by atoms with Gasteiger partial charge < -0.3 is 116 Å². The van der Waals surface area contributed by atoms with Crippen LogP contribution in [0.25, 0.3) is 0 Å². The molecule has 0 aromatic rings. The van der Waals surface area contributed by atoms with Gasteiger partial charge in [0.05, 0.1) is 72.7 Å². The summed E-state index contributed by atoms with van der Waals surface area (Å²) < 4.78 is 59.4. The van der Waals surface area contributed by atoms with Gasteiger partial charge in [-0.1, -0.05) is 12.8 Å². The lowest BCUT2D eigenvalue weighted by Gasteiger charge is -2.39. The summed E-state index contributed by atoms with van der Waals surface area (Å²) in [5.41, 5.74) is -1.40. The van der Waals surface area contributed by atoms with Gasteiger partial charge in [-0.25, -0.2) is 4.57 Å². The van der Waals surface area contributed by atoms with E-state index in [0.717, 1.165) is 13.5 Å². The van der Waals surface area contributed by atoms with Crippen molar-refractivity contribution in [1.29, 1.82) is 0 Å². The van der Waals surface area contributed by atoms with Crippen LogP contribution in [0.2, 0.25) is 0 Å². The normalized spacial score (nSPS) is 23.8. The minimum absolute atomic E-state index is 0.0146. The van der Waals surface area contributed by atoms with Crippen LogP contribution in [0, 0.1) is 0 Å². The highest BCUT2D eigenvalue weighted by atomic mass is 31.2. The van der Waals surface area contributed by atoms with E-state index in [-0.39, 0.29) is 179 Å². The van der Waals surface area contributed by atoms with Gasteiger partial charge >= 0.3 is 7.82 Å². The number of hydrogen-bond donors (Lipinski definition) is 15. The molecule has 2 aliphatic heterocycles. The lowest BCUT2D eigenvalue weighted by Crippen LogP contribution is -2.59. The fourth-order valence-corrected chi connectivity index (χ4v) is 8.58. The smallest absolute Gasteiger partial charge is 0.394 e. The van der Waals surface area contributed by atoms with Crippen molar-refractivity contribution < 1.29 is 126 Å². The molecule has 0 aliphatic carbocycles. The van der Waals surface area contributed by atoms with E-state index in [2.05, 4.69) is 36.4 Å². The standard InChI is InChI=1S/C51H93N6O26P/c1-75-84(73,74)81-27-5-3-2-4-18-52-37(61)12-6-13-42(66)57-51(32-76-24-11-23-58,33-77-28-16-40(64)55-21-9-19-53-38(62)14-7-25-79-49-47(71)45(69)43(67)35(30-59)82-49)34-78-29-17-41(65)56-22-10-20-54-39(63)15-8-26-80-50-48(72)46(70)44(68)36(31-60)83-50/h23,35-36,43-50,59-60,67-72H,2-22,24-34H2,1H3,(H,52,61)(H,53,62)(H,54,63)(H,55,64)(H,56,65)(H,57,66)(H,73,74)/t35?,36?,43-,44-,45+,46+,47?,48?,49-,50-,51?/m1/s1. The summed E-state index contributed by atoms with van der Waals surface area (Å²) in [7, 11) is -2.96. The predicted molar refractivity (Wildman–Crippen MR) is 291 cm³/mol. The molecule has 11 atom stereocenters. The van der Waals surface area contributed by atoms with Crippen molar-refractivity contribution in [1.82, 2.24) is 31.9 Å². The van der Waals surface area contributed by atoms with E-state index in [1.807, 2.05) is 0 Å². The van der Waals surface area contributed by atoms with Gasteiger partial charge in [0.2, 0.25) is 35.4 Å². The van der Waals surface area contributed by atoms with Crippen molar-refractivity contribution in [2.24, 2.45) is 0 Å². The van der Waals surface area contributed by atoms with Gasteiger partial charge in [-0.3, -0.25) is 37.8 Å². The Morgan fingerprint density at radius 2 is 0.869 bits per heavy atom. The number of carbonyl (C=O) groups is 7. The topological polar surface area (TPSA) is 474 Å². The summed E-state index contributed by atoms with van der Waals surface area (Å²) in [5, 5.41) is 95.0.